The van der Waals surface area contributed by atoms with Gasteiger partial charge in [-0.05, 0) is 92.0 Å². The van der Waals surface area contributed by atoms with Crippen molar-refractivity contribution in [1.82, 2.24) is 19.5 Å². The maximum Gasteiger partial charge on any atom is 0.753 e. The summed E-state index contributed by atoms with van der Waals surface area (Å²) in [6, 6.07) is 33.8. The van der Waals surface area contributed by atoms with Gasteiger partial charge in [0.25, 0.3) is 5.91 Å². The molecule has 0 radical (unpaired) electrons. The Bertz CT molecular complexity index is 2590. The van der Waals surface area contributed by atoms with E-state index < -0.39 is 58.1 Å². The van der Waals surface area contributed by atoms with Crippen molar-refractivity contribution >= 4 is 45.4 Å². The molecule has 1 N–H and O–H groups in total. The third-order valence-corrected chi connectivity index (χ3v) is 17.2. The largest absolute Gasteiger partial charge is 0.753 e. The molecule has 4 aromatic carbocycles. The second-order valence-electron chi connectivity index (χ2n) is 18.5. The number of amides is 1. The van der Waals surface area contributed by atoms with Gasteiger partial charge in [0.1, 0.15) is 35.6 Å². The van der Waals surface area contributed by atoms with Gasteiger partial charge < -0.3 is 28.7 Å². The Morgan fingerprint density at radius 2 is 1.32 bits per heavy atom. The van der Waals surface area contributed by atoms with Crippen LogP contribution in [-0.2, 0) is 37.9 Å². The summed E-state index contributed by atoms with van der Waals surface area (Å²) in [5, 5.41) is 2.56. The van der Waals surface area contributed by atoms with Crippen LogP contribution in [-0.4, -0.2) is 78.9 Å². The molecule has 0 saturated carbocycles. The van der Waals surface area contributed by atoms with Crippen LogP contribution in [0.5, 0.6) is 11.5 Å². The van der Waals surface area contributed by atoms with Crippen LogP contribution in [0.15, 0.2) is 122 Å². The number of anilines is 1. The summed E-state index contributed by atoms with van der Waals surface area (Å²) < 4.78 is 60.3. The Hall–Kier alpha value is -5.87. The van der Waals surface area contributed by atoms with E-state index in [0.29, 0.717) is 28.2 Å². The second kappa shape index (κ2) is 19.5. The van der Waals surface area contributed by atoms with Crippen molar-refractivity contribution in [2.24, 2.45) is 5.41 Å². The van der Waals surface area contributed by atoms with E-state index in [4.69, 9.17) is 32.4 Å². The van der Waals surface area contributed by atoms with Gasteiger partial charge >= 0.3 is 14.2 Å². The Kier molecular flexibility index (Phi) is 14.2. The Balaban J connectivity index is 1.36. The molecule has 1 unspecified atom stereocenters. The van der Waals surface area contributed by atoms with Gasteiger partial charge in [0, 0.05) is 10.1 Å². The van der Waals surface area contributed by atoms with E-state index in [-0.39, 0.29) is 23.4 Å². The lowest BCUT2D eigenvalue weighted by molar-refractivity contribution is -0.143. The standard InChI is InChI=1S/C49H56N5O10PSi/c1-47(2,3)46(56)63-65(57)62-40-38(29-60-49(33-19-15-12-16-20-33,34-21-25-36(58-7)26-22-34)35-23-27-37(59-8)28-24-35)61-45(41(40)64-66(9,10)48(4,5)6)54-31-52-39-42(50-30-51-43(39)54)53-44(55)32-17-13-11-14-18-32/h11-28,30-31,38,40-41,45H,29H2,1-10H3/p+1/t38-,40-,41-,45-/m1/s1. The third-order valence-electron chi connectivity index (χ3n) is 12.0. The lowest BCUT2D eigenvalue weighted by Gasteiger charge is -2.40. The Labute approximate surface area is 387 Å². The number of nitrogens with one attached hydrogen (secondary N) is 1. The molecule has 66 heavy (non-hydrogen) atoms. The number of ether oxygens (including phenoxy) is 4. The zero-order chi connectivity index (χ0) is 47.4. The minimum Gasteiger partial charge on any atom is -0.497 e. The molecule has 0 spiro atoms. The maximum absolute atomic E-state index is 14.0. The van der Waals surface area contributed by atoms with Crippen LogP contribution < -0.4 is 14.8 Å². The third kappa shape index (κ3) is 10.1. The predicted molar refractivity (Wildman–Crippen MR) is 252 cm³/mol. The molecule has 0 bridgehead atoms. The number of hydrogen-bond donors (Lipinski definition) is 1. The van der Waals surface area contributed by atoms with Crippen molar-refractivity contribution in [3.63, 3.8) is 0 Å². The highest BCUT2D eigenvalue weighted by atomic mass is 31.1. The van der Waals surface area contributed by atoms with Crippen molar-refractivity contribution in [3.8, 4) is 11.5 Å². The normalized spacial score (nSPS) is 18.2. The van der Waals surface area contributed by atoms with Gasteiger partial charge in [-0.1, -0.05) is 93.6 Å². The van der Waals surface area contributed by atoms with E-state index in [2.05, 4.69) is 54.1 Å². The van der Waals surface area contributed by atoms with Crippen LogP contribution in [0.1, 0.15) is 74.8 Å². The Morgan fingerprint density at radius 3 is 1.86 bits per heavy atom. The van der Waals surface area contributed by atoms with Crippen molar-refractivity contribution in [1.29, 1.82) is 0 Å². The first-order valence-electron chi connectivity index (χ1n) is 21.6. The summed E-state index contributed by atoms with van der Waals surface area (Å²) in [5.74, 6) is 0.409. The molecule has 17 heteroatoms. The summed E-state index contributed by atoms with van der Waals surface area (Å²) in [4.78, 5) is 40.1. The average Bonchev–Trinajstić information content (AvgIpc) is 3.87. The summed E-state index contributed by atoms with van der Waals surface area (Å²) in [6.45, 7) is 15.3. The van der Waals surface area contributed by atoms with E-state index in [1.165, 1.54) is 12.7 Å². The topological polar surface area (TPSA) is 171 Å². The number of methoxy groups -OCH3 is 2. The highest BCUT2D eigenvalue weighted by Gasteiger charge is 2.57. The summed E-state index contributed by atoms with van der Waals surface area (Å²) in [5.41, 5.74) is 1.14. The van der Waals surface area contributed by atoms with E-state index >= 15 is 0 Å². The average molecular weight is 935 g/mol. The van der Waals surface area contributed by atoms with Crippen LogP contribution >= 0.6 is 8.25 Å². The minimum absolute atomic E-state index is 0.165. The van der Waals surface area contributed by atoms with Crippen molar-refractivity contribution in [2.75, 3.05) is 26.1 Å². The number of fused-ring (bicyclic) bond motifs is 1. The van der Waals surface area contributed by atoms with Crippen molar-refractivity contribution in [2.45, 2.75) is 89.8 Å². The highest BCUT2D eigenvalue weighted by molar-refractivity contribution is 7.34. The molecular formula is C49H57N5O10PSi+. The van der Waals surface area contributed by atoms with Gasteiger partial charge in [0.2, 0.25) is 0 Å². The van der Waals surface area contributed by atoms with Gasteiger partial charge in [-0.2, -0.15) is 4.52 Å². The first kappa shape index (κ1) is 48.1. The number of aromatic nitrogens is 4. The Morgan fingerprint density at radius 1 is 0.758 bits per heavy atom. The number of carbonyl (C=O) groups excluding carboxylic acids is 2. The van der Waals surface area contributed by atoms with Crippen LogP contribution in [0.3, 0.4) is 0 Å². The molecule has 1 fully saturated rings. The fourth-order valence-corrected chi connectivity index (χ4v) is 9.53. The molecule has 5 atom stereocenters. The van der Waals surface area contributed by atoms with Crippen LogP contribution in [0.4, 0.5) is 5.82 Å². The molecule has 2 aromatic heterocycles. The van der Waals surface area contributed by atoms with E-state index in [1.54, 1.807) is 63.8 Å². The molecule has 15 nitrogen and oxygen atoms in total. The van der Waals surface area contributed by atoms with Gasteiger partial charge in [-0.15, -0.1) is 4.52 Å². The van der Waals surface area contributed by atoms with Gasteiger partial charge in [0.05, 0.1) is 32.6 Å². The van der Waals surface area contributed by atoms with E-state index in [0.717, 1.165) is 16.7 Å². The molecule has 7 rings (SSSR count). The van der Waals surface area contributed by atoms with Gasteiger partial charge in [-0.3, -0.25) is 9.36 Å². The first-order valence-corrected chi connectivity index (χ1v) is 25.6. The lowest BCUT2D eigenvalue weighted by atomic mass is 9.80. The van der Waals surface area contributed by atoms with Crippen LogP contribution in [0, 0.1) is 5.41 Å². The molecule has 1 saturated heterocycles. The minimum atomic E-state index is -3.07. The maximum atomic E-state index is 14.0. The quantitative estimate of drug-likeness (QED) is 0.0553. The highest BCUT2D eigenvalue weighted by Crippen LogP contribution is 2.48. The number of rotatable bonds is 16. The number of nitrogens with zero attached hydrogens (tertiary/aromatic N) is 4. The molecule has 0 aliphatic carbocycles. The summed E-state index contributed by atoms with van der Waals surface area (Å²) in [6.07, 6.45) is -1.33. The number of hydrogen-bond acceptors (Lipinski definition) is 13. The lowest BCUT2D eigenvalue weighted by Crippen LogP contribution is -2.49. The molecule has 6 aromatic rings. The van der Waals surface area contributed by atoms with Gasteiger partial charge in [0.15, 0.2) is 37.6 Å². The number of carbonyl (C=O) groups is 2. The molecule has 1 aliphatic rings. The van der Waals surface area contributed by atoms with E-state index in [1.807, 2.05) is 84.9 Å². The molecule has 1 aliphatic heterocycles. The number of benzene rings is 4. The summed E-state index contributed by atoms with van der Waals surface area (Å²) >= 11 is 0. The molecule has 3 heterocycles. The smallest absolute Gasteiger partial charge is 0.497 e. The number of imidazole rings is 1. The van der Waals surface area contributed by atoms with Crippen molar-refractivity contribution < 1.29 is 46.6 Å². The first-order chi connectivity index (χ1) is 31.4. The van der Waals surface area contributed by atoms with Crippen LogP contribution in [0.25, 0.3) is 11.2 Å². The SMILES string of the molecule is COc1ccc(C(OC[C@H]2O[C@@H](n3cnc4c(NC(=O)c5ccccc5)ncnc43)[C@H](O[Si](C)(C)C(C)(C)C)[C@@H]2O[P+](=O)OC(=O)C(C)(C)C)(c2ccccc2)c2ccc(OC)cc2)cc1. The monoisotopic (exact) mass is 934 g/mol. The van der Waals surface area contributed by atoms with Crippen molar-refractivity contribution in [3.05, 3.63) is 144 Å². The zero-order valence-electron chi connectivity index (χ0n) is 38.9. The van der Waals surface area contributed by atoms with E-state index in [9.17, 15) is 14.2 Å². The fraction of sp³-hybridized carbons (Fsp3) is 0.367. The summed E-state index contributed by atoms with van der Waals surface area (Å²) in [7, 11) is -2.59. The predicted octanol–water partition coefficient (Wildman–Crippen LogP) is 10.0. The zero-order valence-corrected chi connectivity index (χ0v) is 40.8. The van der Waals surface area contributed by atoms with Crippen LogP contribution in [0.2, 0.25) is 18.1 Å². The second-order valence-corrected chi connectivity index (χ2v) is 24.1. The molecule has 346 valence electrons. The molecule has 1 amide bonds. The molecular weight excluding hydrogens is 878 g/mol. The fourth-order valence-electron chi connectivity index (χ4n) is 7.34. The van der Waals surface area contributed by atoms with Gasteiger partial charge in [-0.25, -0.2) is 19.7 Å².